The number of urea groups is 1. The Kier molecular flexibility index (Phi) is 4.16. The van der Waals surface area contributed by atoms with Crippen LogP contribution in [0.5, 0.6) is 11.5 Å². The Hall–Kier alpha value is -3.81. The second-order valence-electron chi connectivity index (χ2n) is 6.85. The molecular formula is C21H18N4O4. The quantitative estimate of drug-likeness (QED) is 0.741. The summed E-state index contributed by atoms with van der Waals surface area (Å²) in [6.07, 6.45) is 1.73. The molecule has 1 N–H and O–H groups in total. The second kappa shape index (κ2) is 6.97. The lowest BCUT2D eigenvalue weighted by Gasteiger charge is -2.18. The van der Waals surface area contributed by atoms with Crippen molar-refractivity contribution < 1.29 is 19.1 Å². The number of aromatic nitrogens is 1. The van der Waals surface area contributed by atoms with E-state index in [9.17, 15) is 9.59 Å². The van der Waals surface area contributed by atoms with Gasteiger partial charge in [0.25, 0.3) is 0 Å². The van der Waals surface area contributed by atoms with Gasteiger partial charge < -0.3 is 19.7 Å². The normalized spacial score (nSPS) is 15.2. The minimum absolute atomic E-state index is 0.00897. The molecule has 3 heterocycles. The first kappa shape index (κ1) is 17.3. The van der Waals surface area contributed by atoms with Gasteiger partial charge in [0.2, 0.25) is 12.7 Å². The maximum Gasteiger partial charge on any atom is 0.325 e. The van der Waals surface area contributed by atoms with Crippen LogP contribution in [0.3, 0.4) is 0 Å². The van der Waals surface area contributed by atoms with Crippen LogP contribution in [0.1, 0.15) is 0 Å². The van der Waals surface area contributed by atoms with E-state index in [0.29, 0.717) is 30.3 Å². The number of benzene rings is 2. The van der Waals surface area contributed by atoms with Crippen LogP contribution in [0.25, 0.3) is 10.9 Å². The third-order valence-corrected chi connectivity index (χ3v) is 4.98. The first-order chi connectivity index (χ1) is 14.2. The van der Waals surface area contributed by atoms with Crippen molar-refractivity contribution in [2.24, 2.45) is 0 Å². The zero-order valence-electron chi connectivity index (χ0n) is 15.5. The molecule has 8 nitrogen and oxygen atoms in total. The number of ether oxygens (including phenoxy) is 2. The minimum atomic E-state index is -0.242. The predicted molar refractivity (Wildman–Crippen MR) is 107 cm³/mol. The van der Waals surface area contributed by atoms with E-state index >= 15 is 0 Å². The lowest BCUT2D eigenvalue weighted by atomic mass is 10.2. The predicted octanol–water partition coefficient (Wildman–Crippen LogP) is 2.84. The number of fused-ring (bicyclic) bond motifs is 2. The van der Waals surface area contributed by atoms with E-state index in [1.165, 1.54) is 4.90 Å². The highest BCUT2D eigenvalue weighted by atomic mass is 16.7. The fourth-order valence-electron chi connectivity index (χ4n) is 3.55. The van der Waals surface area contributed by atoms with E-state index in [4.69, 9.17) is 9.47 Å². The van der Waals surface area contributed by atoms with Gasteiger partial charge in [-0.2, -0.15) is 0 Å². The van der Waals surface area contributed by atoms with Gasteiger partial charge in [-0.05, 0) is 36.4 Å². The molecule has 2 aromatic carbocycles. The molecule has 1 saturated heterocycles. The summed E-state index contributed by atoms with van der Waals surface area (Å²) in [6, 6.07) is 14.5. The Bertz CT molecular complexity index is 1120. The van der Waals surface area contributed by atoms with Gasteiger partial charge in [0.1, 0.15) is 6.54 Å². The van der Waals surface area contributed by atoms with E-state index in [-0.39, 0.29) is 25.3 Å². The number of carbonyl (C=O) groups excluding carboxylic acids is 2. The fourth-order valence-corrected chi connectivity index (χ4v) is 3.55. The minimum Gasteiger partial charge on any atom is -0.454 e. The van der Waals surface area contributed by atoms with Gasteiger partial charge in [-0.3, -0.25) is 14.7 Å². The fraction of sp³-hybridized carbons (Fsp3) is 0.190. The Morgan fingerprint density at radius 3 is 2.90 bits per heavy atom. The zero-order chi connectivity index (χ0) is 19.8. The van der Waals surface area contributed by atoms with Crippen LogP contribution >= 0.6 is 0 Å². The first-order valence-electron chi connectivity index (χ1n) is 9.28. The van der Waals surface area contributed by atoms with Crippen LogP contribution in [0.2, 0.25) is 0 Å². The van der Waals surface area contributed by atoms with Crippen molar-refractivity contribution in [3.05, 3.63) is 54.7 Å². The average molecular weight is 390 g/mol. The highest BCUT2D eigenvalue weighted by molar-refractivity contribution is 6.00. The lowest BCUT2D eigenvalue weighted by Crippen LogP contribution is -2.37. The van der Waals surface area contributed by atoms with Crippen molar-refractivity contribution in [1.29, 1.82) is 0 Å². The van der Waals surface area contributed by atoms with Crippen LogP contribution in [0.15, 0.2) is 54.7 Å². The Labute approximate surface area is 166 Å². The molecule has 0 radical (unpaired) electrons. The van der Waals surface area contributed by atoms with Crippen LogP contribution in [0.4, 0.5) is 16.2 Å². The molecular weight excluding hydrogens is 372 g/mol. The number of hydrogen-bond acceptors (Lipinski definition) is 5. The summed E-state index contributed by atoms with van der Waals surface area (Å²) < 4.78 is 10.7. The van der Waals surface area contributed by atoms with Crippen LogP contribution in [-0.2, 0) is 4.79 Å². The number of hydrogen-bond donors (Lipinski definition) is 1. The highest BCUT2D eigenvalue weighted by Gasteiger charge is 2.31. The third kappa shape index (κ3) is 3.29. The summed E-state index contributed by atoms with van der Waals surface area (Å²) >= 11 is 0. The van der Waals surface area contributed by atoms with Gasteiger partial charge in [0.15, 0.2) is 11.5 Å². The van der Waals surface area contributed by atoms with E-state index in [0.717, 1.165) is 16.6 Å². The summed E-state index contributed by atoms with van der Waals surface area (Å²) in [5.74, 6) is 1.05. The van der Waals surface area contributed by atoms with Crippen LogP contribution in [0, 0.1) is 0 Å². The topological polar surface area (TPSA) is 84.0 Å². The Morgan fingerprint density at radius 2 is 1.97 bits per heavy atom. The molecule has 0 bridgehead atoms. The van der Waals surface area contributed by atoms with E-state index in [2.05, 4.69) is 10.3 Å². The highest BCUT2D eigenvalue weighted by Crippen LogP contribution is 2.36. The number of pyridine rings is 1. The van der Waals surface area contributed by atoms with E-state index in [1.54, 1.807) is 29.3 Å². The van der Waals surface area contributed by atoms with Gasteiger partial charge >= 0.3 is 6.03 Å². The van der Waals surface area contributed by atoms with Gasteiger partial charge in [0.05, 0.1) is 5.52 Å². The summed E-state index contributed by atoms with van der Waals surface area (Å²) in [7, 11) is 0. The van der Waals surface area contributed by atoms with Gasteiger partial charge in [0, 0.05) is 42.1 Å². The molecule has 1 aromatic heterocycles. The maximum atomic E-state index is 12.8. The molecule has 0 saturated carbocycles. The molecule has 0 spiro atoms. The molecule has 29 heavy (non-hydrogen) atoms. The number of nitrogens with zero attached hydrogens (tertiary/aromatic N) is 3. The molecule has 3 aromatic rings. The van der Waals surface area contributed by atoms with Crippen LogP contribution < -0.4 is 19.7 Å². The van der Waals surface area contributed by atoms with Crippen molar-refractivity contribution in [1.82, 2.24) is 9.88 Å². The van der Waals surface area contributed by atoms with Crippen molar-refractivity contribution >= 4 is 34.2 Å². The third-order valence-electron chi connectivity index (χ3n) is 4.98. The molecule has 0 unspecified atom stereocenters. The number of nitrogens with one attached hydrogen (secondary N) is 1. The molecule has 1 fully saturated rings. The zero-order valence-corrected chi connectivity index (χ0v) is 15.5. The van der Waals surface area contributed by atoms with Crippen molar-refractivity contribution in [3.8, 4) is 11.5 Å². The van der Waals surface area contributed by atoms with Gasteiger partial charge in [-0.25, -0.2) is 4.79 Å². The Morgan fingerprint density at radius 1 is 1.07 bits per heavy atom. The van der Waals surface area contributed by atoms with Gasteiger partial charge in [-0.15, -0.1) is 0 Å². The molecule has 2 aliphatic rings. The number of anilines is 2. The second-order valence-corrected chi connectivity index (χ2v) is 6.85. The summed E-state index contributed by atoms with van der Waals surface area (Å²) in [4.78, 5) is 32.7. The summed E-state index contributed by atoms with van der Waals surface area (Å²) in [5, 5.41) is 3.80. The molecule has 146 valence electrons. The number of amides is 3. The monoisotopic (exact) mass is 390 g/mol. The summed E-state index contributed by atoms with van der Waals surface area (Å²) in [6.45, 7) is 1.16. The molecule has 0 aliphatic carbocycles. The van der Waals surface area contributed by atoms with Crippen molar-refractivity contribution in [2.75, 3.05) is 36.6 Å². The smallest absolute Gasteiger partial charge is 0.325 e. The number of carbonyl (C=O) groups is 2. The van der Waals surface area contributed by atoms with Crippen molar-refractivity contribution in [3.63, 3.8) is 0 Å². The SMILES string of the molecule is O=C(CN1CCN(c2ccc3c(c2)OCO3)C1=O)Nc1ccc2ncccc2c1. The van der Waals surface area contributed by atoms with Crippen LogP contribution in [-0.4, -0.2) is 48.2 Å². The molecule has 0 atom stereocenters. The molecule has 2 aliphatic heterocycles. The van der Waals surface area contributed by atoms with Crippen molar-refractivity contribution in [2.45, 2.75) is 0 Å². The molecule has 5 rings (SSSR count). The number of rotatable bonds is 4. The Balaban J connectivity index is 1.24. The lowest BCUT2D eigenvalue weighted by molar-refractivity contribution is -0.116. The van der Waals surface area contributed by atoms with Gasteiger partial charge in [-0.1, -0.05) is 6.07 Å². The maximum absolute atomic E-state index is 12.8. The van der Waals surface area contributed by atoms with E-state index in [1.807, 2.05) is 30.3 Å². The molecule has 3 amide bonds. The first-order valence-corrected chi connectivity index (χ1v) is 9.28. The largest absolute Gasteiger partial charge is 0.454 e. The summed E-state index contributed by atoms with van der Waals surface area (Å²) in [5.41, 5.74) is 2.26. The average Bonchev–Trinajstić information content (AvgIpc) is 3.34. The van der Waals surface area contributed by atoms with E-state index < -0.39 is 0 Å². The molecule has 8 heteroatoms. The standard InChI is InChI=1S/C21H18N4O4/c26-20(23-15-3-5-17-14(10-15)2-1-7-22-17)12-24-8-9-25(21(24)27)16-4-6-18-19(11-16)29-13-28-18/h1-7,10-11H,8-9,12-13H2,(H,23,26).